The Kier molecular flexibility index (Phi) is 2.05. The predicted molar refractivity (Wildman–Crippen MR) is 58.2 cm³/mol. The Hall–Kier alpha value is -2.50. The van der Waals surface area contributed by atoms with Gasteiger partial charge in [0.1, 0.15) is 5.82 Å². The van der Waals surface area contributed by atoms with Crippen molar-refractivity contribution >= 4 is 28.6 Å². The fourth-order valence-corrected chi connectivity index (χ4v) is 1.62. The second-order valence-corrected chi connectivity index (χ2v) is 3.34. The van der Waals surface area contributed by atoms with Crippen LogP contribution in [0.25, 0.3) is 10.9 Å². The van der Waals surface area contributed by atoms with Crippen molar-refractivity contribution in [3.8, 4) is 0 Å². The van der Waals surface area contributed by atoms with Crippen molar-refractivity contribution in [1.29, 1.82) is 0 Å². The molecule has 0 saturated heterocycles. The summed E-state index contributed by atoms with van der Waals surface area (Å²) in [5.41, 5.74) is 11.5. The molecule has 1 heterocycles. The Morgan fingerprint density at radius 2 is 2.00 bits per heavy atom. The molecule has 0 spiro atoms. The number of carboxylic acid groups (broad SMARTS) is 1. The zero-order valence-electron chi connectivity index (χ0n) is 8.15. The molecule has 0 aliphatic rings. The van der Waals surface area contributed by atoms with Crippen LogP contribution < -0.4 is 11.5 Å². The molecule has 0 unspecified atom stereocenters. The number of hydrogen-bond acceptors (Lipinski definition) is 3. The van der Waals surface area contributed by atoms with Crippen LogP contribution >= 0.6 is 0 Å². The zero-order valence-corrected chi connectivity index (χ0v) is 8.15. The largest absolute Gasteiger partial charge is 0.478 e. The molecule has 0 atom stereocenters. The zero-order chi connectivity index (χ0) is 11.9. The topological polar surface area (TPSA) is 122 Å². The van der Waals surface area contributed by atoms with Crippen molar-refractivity contribution in [3.05, 3.63) is 29.3 Å². The molecule has 6 nitrogen and oxygen atoms in total. The maximum Gasteiger partial charge on any atom is 0.335 e. The highest BCUT2D eigenvalue weighted by atomic mass is 16.4. The summed E-state index contributed by atoms with van der Waals surface area (Å²) in [6.45, 7) is 0. The average Bonchev–Trinajstić information content (AvgIpc) is 2.51. The fraction of sp³-hybridized carbons (Fsp3) is 0. The summed E-state index contributed by atoms with van der Waals surface area (Å²) in [7, 11) is 0. The number of rotatable bonds is 2. The number of benzene rings is 1. The normalized spacial score (nSPS) is 10.5. The molecule has 16 heavy (non-hydrogen) atoms. The number of fused-ring (bicyclic) bond motifs is 1. The summed E-state index contributed by atoms with van der Waals surface area (Å²) >= 11 is 0. The molecule has 1 aromatic carbocycles. The number of carboxylic acids is 1. The van der Waals surface area contributed by atoms with Gasteiger partial charge in [-0.15, -0.1) is 0 Å². The van der Waals surface area contributed by atoms with E-state index in [1.165, 1.54) is 18.2 Å². The van der Waals surface area contributed by atoms with E-state index in [2.05, 4.69) is 4.98 Å². The third-order valence-electron chi connectivity index (χ3n) is 2.32. The Bertz CT molecular complexity index is 601. The summed E-state index contributed by atoms with van der Waals surface area (Å²) in [4.78, 5) is 24.6. The highest BCUT2D eigenvalue weighted by Crippen LogP contribution is 2.24. The molecule has 2 aromatic rings. The second-order valence-electron chi connectivity index (χ2n) is 3.34. The number of amides is 1. The van der Waals surface area contributed by atoms with E-state index in [0.29, 0.717) is 10.9 Å². The van der Waals surface area contributed by atoms with Gasteiger partial charge < -0.3 is 21.6 Å². The van der Waals surface area contributed by atoms with Crippen LogP contribution in [0.1, 0.15) is 20.7 Å². The number of nitrogen functional groups attached to an aromatic ring is 1. The van der Waals surface area contributed by atoms with Crippen LogP contribution in [0.15, 0.2) is 18.2 Å². The van der Waals surface area contributed by atoms with Crippen LogP contribution in [-0.4, -0.2) is 22.0 Å². The van der Waals surface area contributed by atoms with E-state index in [0.717, 1.165) is 0 Å². The Balaban J connectivity index is 2.75. The number of carbonyl (C=O) groups is 2. The van der Waals surface area contributed by atoms with E-state index in [1.807, 2.05) is 0 Å². The smallest absolute Gasteiger partial charge is 0.335 e. The van der Waals surface area contributed by atoms with Gasteiger partial charge in [0.2, 0.25) is 0 Å². The molecule has 0 radical (unpaired) electrons. The van der Waals surface area contributed by atoms with E-state index in [-0.39, 0.29) is 16.9 Å². The van der Waals surface area contributed by atoms with Gasteiger partial charge >= 0.3 is 5.97 Å². The number of primary amides is 1. The average molecular weight is 219 g/mol. The van der Waals surface area contributed by atoms with Crippen molar-refractivity contribution in [2.75, 3.05) is 5.73 Å². The molecule has 6 heteroatoms. The van der Waals surface area contributed by atoms with Crippen LogP contribution in [0.4, 0.5) is 5.82 Å². The van der Waals surface area contributed by atoms with E-state index in [4.69, 9.17) is 16.6 Å². The molecule has 6 N–H and O–H groups in total. The van der Waals surface area contributed by atoms with Crippen molar-refractivity contribution in [2.45, 2.75) is 0 Å². The summed E-state index contributed by atoms with van der Waals surface area (Å²) in [6, 6.07) is 4.30. The number of H-pyrrole nitrogens is 1. The number of nitrogens with one attached hydrogen (secondary N) is 1. The Labute approximate surface area is 89.8 Å². The fourth-order valence-electron chi connectivity index (χ4n) is 1.62. The van der Waals surface area contributed by atoms with Crippen molar-refractivity contribution < 1.29 is 14.7 Å². The molecule has 1 aromatic heterocycles. The number of aromatic nitrogens is 1. The first-order valence-corrected chi connectivity index (χ1v) is 4.45. The summed E-state index contributed by atoms with van der Waals surface area (Å²) < 4.78 is 0. The van der Waals surface area contributed by atoms with Crippen LogP contribution in [0.2, 0.25) is 0 Å². The number of hydrogen-bond donors (Lipinski definition) is 4. The van der Waals surface area contributed by atoms with E-state index in [1.54, 1.807) is 0 Å². The number of aromatic amines is 1. The highest BCUT2D eigenvalue weighted by molar-refractivity contribution is 6.11. The maximum atomic E-state index is 11.1. The lowest BCUT2D eigenvalue weighted by Crippen LogP contribution is -2.12. The van der Waals surface area contributed by atoms with Crippen LogP contribution in [-0.2, 0) is 0 Å². The highest BCUT2D eigenvalue weighted by Gasteiger charge is 2.15. The second kappa shape index (κ2) is 3.27. The van der Waals surface area contributed by atoms with Gasteiger partial charge in [0, 0.05) is 10.9 Å². The monoisotopic (exact) mass is 219 g/mol. The summed E-state index contributed by atoms with van der Waals surface area (Å²) in [6.07, 6.45) is 0. The standard InChI is InChI=1S/C10H9N3O3/c11-8-7(9(12)14)5-2-1-4(10(15)16)3-6(5)13-8/h1-3,13H,11H2,(H2,12,14)(H,15,16). The number of anilines is 1. The van der Waals surface area contributed by atoms with Gasteiger partial charge in [-0.3, -0.25) is 4.79 Å². The lowest BCUT2D eigenvalue weighted by molar-refractivity contribution is 0.0697. The maximum absolute atomic E-state index is 11.1. The number of nitrogens with two attached hydrogens (primary N) is 2. The molecular formula is C10H9N3O3. The molecule has 82 valence electrons. The predicted octanol–water partition coefficient (Wildman–Crippen LogP) is 0.547. The molecule has 0 aliphatic heterocycles. The molecule has 0 saturated carbocycles. The first-order chi connectivity index (χ1) is 7.50. The minimum Gasteiger partial charge on any atom is -0.478 e. The third kappa shape index (κ3) is 1.36. The van der Waals surface area contributed by atoms with Gasteiger partial charge in [-0.2, -0.15) is 0 Å². The first-order valence-electron chi connectivity index (χ1n) is 4.45. The minimum absolute atomic E-state index is 0.116. The Morgan fingerprint density at radius 1 is 1.31 bits per heavy atom. The van der Waals surface area contributed by atoms with Gasteiger partial charge in [0.25, 0.3) is 5.91 Å². The van der Waals surface area contributed by atoms with Gasteiger partial charge in [-0.05, 0) is 12.1 Å². The lowest BCUT2D eigenvalue weighted by atomic mass is 10.1. The van der Waals surface area contributed by atoms with Gasteiger partial charge in [0.15, 0.2) is 0 Å². The third-order valence-corrected chi connectivity index (χ3v) is 2.32. The number of carbonyl (C=O) groups excluding carboxylic acids is 1. The molecular weight excluding hydrogens is 210 g/mol. The van der Waals surface area contributed by atoms with E-state index < -0.39 is 11.9 Å². The Morgan fingerprint density at radius 3 is 2.56 bits per heavy atom. The first kappa shape index (κ1) is 10.0. The van der Waals surface area contributed by atoms with Crippen molar-refractivity contribution in [3.63, 3.8) is 0 Å². The van der Waals surface area contributed by atoms with E-state index in [9.17, 15) is 9.59 Å². The van der Waals surface area contributed by atoms with Crippen molar-refractivity contribution in [2.24, 2.45) is 5.73 Å². The SMILES string of the molecule is NC(=O)c1c(N)[nH]c2cc(C(=O)O)ccc12. The molecule has 2 rings (SSSR count). The summed E-state index contributed by atoms with van der Waals surface area (Å²) in [5, 5.41) is 9.32. The van der Waals surface area contributed by atoms with Gasteiger partial charge in [-0.25, -0.2) is 4.79 Å². The minimum atomic E-state index is -1.05. The molecule has 0 bridgehead atoms. The lowest BCUT2D eigenvalue weighted by Gasteiger charge is -1.96. The quantitative estimate of drug-likeness (QED) is 0.588. The number of aromatic carboxylic acids is 1. The molecule has 1 amide bonds. The van der Waals surface area contributed by atoms with Crippen molar-refractivity contribution in [1.82, 2.24) is 4.98 Å². The van der Waals surface area contributed by atoms with Crippen LogP contribution in [0.5, 0.6) is 0 Å². The van der Waals surface area contributed by atoms with Gasteiger partial charge in [0.05, 0.1) is 11.1 Å². The van der Waals surface area contributed by atoms with Crippen LogP contribution in [0, 0.1) is 0 Å². The molecule has 0 fully saturated rings. The summed E-state index contributed by atoms with van der Waals surface area (Å²) in [5.74, 6) is -1.55. The van der Waals surface area contributed by atoms with Crippen LogP contribution in [0.3, 0.4) is 0 Å². The molecule has 0 aliphatic carbocycles. The van der Waals surface area contributed by atoms with Gasteiger partial charge in [-0.1, -0.05) is 6.07 Å². The van der Waals surface area contributed by atoms with E-state index >= 15 is 0 Å².